The maximum atomic E-state index is 12.9. The van der Waals surface area contributed by atoms with E-state index in [-0.39, 0.29) is 37.2 Å². The molecule has 2 aliphatic rings. The lowest BCUT2D eigenvalue weighted by Gasteiger charge is -2.29. The van der Waals surface area contributed by atoms with Gasteiger partial charge in [-0.15, -0.1) is 0 Å². The van der Waals surface area contributed by atoms with Crippen molar-refractivity contribution < 1.29 is 19.1 Å². The topological polar surface area (TPSA) is 82.2 Å². The largest absolute Gasteiger partial charge is 0.378 e. The molecule has 174 valence electrons. The number of anilines is 3. The molecule has 1 atom stereocenters. The summed E-state index contributed by atoms with van der Waals surface area (Å²) in [5, 5.41) is 3.36. The second-order valence-corrected chi connectivity index (χ2v) is 8.71. The number of rotatable bonds is 6. The molecule has 2 aromatic carbocycles. The van der Waals surface area contributed by atoms with E-state index in [0.29, 0.717) is 29.6 Å². The quantitative estimate of drug-likeness (QED) is 0.701. The van der Waals surface area contributed by atoms with Gasteiger partial charge in [0.25, 0.3) is 0 Å². The minimum Gasteiger partial charge on any atom is -0.378 e. The summed E-state index contributed by atoms with van der Waals surface area (Å²) in [6, 6.07) is 14.6. The highest BCUT2D eigenvalue weighted by Crippen LogP contribution is 2.28. The van der Waals surface area contributed by atoms with Gasteiger partial charge in [-0.3, -0.25) is 14.4 Å². The second kappa shape index (κ2) is 10.2. The standard InChI is InChI=1S/C24H27ClN4O4/c1-27(24(32)17-13-23(31)29(15-17)21-4-2-3-18(25)14-21)16-22(30)26-19-5-7-20(8-6-19)28-9-11-33-12-10-28/h2-8,14,17H,9-13,15-16H2,1H3,(H,26,30). The molecule has 0 radical (unpaired) electrons. The molecule has 1 unspecified atom stereocenters. The van der Waals surface area contributed by atoms with Gasteiger partial charge < -0.3 is 24.8 Å². The molecule has 2 fully saturated rings. The number of hydrogen-bond acceptors (Lipinski definition) is 5. The van der Waals surface area contributed by atoms with E-state index >= 15 is 0 Å². The first-order chi connectivity index (χ1) is 15.9. The molecule has 3 amide bonds. The van der Waals surface area contributed by atoms with E-state index in [2.05, 4.69) is 10.2 Å². The molecular formula is C24H27ClN4O4. The minimum absolute atomic E-state index is 0.0914. The van der Waals surface area contributed by atoms with Gasteiger partial charge in [0.1, 0.15) is 0 Å². The molecule has 0 saturated carbocycles. The fourth-order valence-electron chi connectivity index (χ4n) is 4.15. The van der Waals surface area contributed by atoms with Crippen LogP contribution < -0.4 is 15.1 Å². The van der Waals surface area contributed by atoms with Crippen molar-refractivity contribution in [2.45, 2.75) is 6.42 Å². The third-order valence-electron chi connectivity index (χ3n) is 5.88. The number of carbonyl (C=O) groups excluding carboxylic acids is 3. The summed E-state index contributed by atoms with van der Waals surface area (Å²) in [6.07, 6.45) is 0.111. The predicted molar refractivity (Wildman–Crippen MR) is 128 cm³/mol. The molecule has 2 aliphatic heterocycles. The van der Waals surface area contributed by atoms with Crippen LogP contribution in [0.3, 0.4) is 0 Å². The first kappa shape index (κ1) is 23.1. The SMILES string of the molecule is CN(CC(=O)Nc1ccc(N2CCOCC2)cc1)C(=O)C1CC(=O)N(c2cccc(Cl)c2)C1. The Labute approximate surface area is 198 Å². The zero-order valence-electron chi connectivity index (χ0n) is 18.5. The van der Waals surface area contributed by atoms with Gasteiger partial charge in [0.05, 0.1) is 25.7 Å². The van der Waals surface area contributed by atoms with E-state index in [1.165, 1.54) is 4.90 Å². The van der Waals surface area contributed by atoms with Crippen molar-refractivity contribution in [3.8, 4) is 0 Å². The Balaban J connectivity index is 1.29. The van der Waals surface area contributed by atoms with Gasteiger partial charge in [0, 0.05) is 55.2 Å². The lowest BCUT2D eigenvalue weighted by molar-refractivity contribution is -0.137. The van der Waals surface area contributed by atoms with Crippen LogP contribution in [-0.4, -0.2) is 69.1 Å². The number of benzene rings is 2. The van der Waals surface area contributed by atoms with Crippen LogP contribution in [0.5, 0.6) is 0 Å². The number of halogens is 1. The second-order valence-electron chi connectivity index (χ2n) is 8.27. The molecule has 8 nitrogen and oxygen atoms in total. The Morgan fingerprint density at radius 1 is 1.12 bits per heavy atom. The van der Waals surface area contributed by atoms with Gasteiger partial charge >= 0.3 is 0 Å². The third kappa shape index (κ3) is 5.64. The van der Waals surface area contributed by atoms with Crippen molar-refractivity contribution in [2.24, 2.45) is 5.92 Å². The molecule has 0 aromatic heterocycles. The maximum Gasteiger partial charge on any atom is 0.243 e. The van der Waals surface area contributed by atoms with Crippen LogP contribution in [0.15, 0.2) is 48.5 Å². The summed E-state index contributed by atoms with van der Waals surface area (Å²) in [4.78, 5) is 43.0. The Morgan fingerprint density at radius 3 is 2.55 bits per heavy atom. The van der Waals surface area contributed by atoms with Crippen molar-refractivity contribution in [1.29, 1.82) is 0 Å². The smallest absolute Gasteiger partial charge is 0.243 e. The number of likely N-dealkylation sites (N-methyl/N-ethyl adjacent to an activating group) is 1. The lowest BCUT2D eigenvalue weighted by Crippen LogP contribution is -2.39. The molecular weight excluding hydrogens is 444 g/mol. The number of nitrogens with zero attached hydrogens (tertiary/aromatic N) is 3. The summed E-state index contributed by atoms with van der Waals surface area (Å²) in [5.41, 5.74) is 2.42. The molecule has 9 heteroatoms. The maximum absolute atomic E-state index is 12.9. The van der Waals surface area contributed by atoms with Gasteiger partial charge in [-0.2, -0.15) is 0 Å². The molecule has 0 aliphatic carbocycles. The lowest BCUT2D eigenvalue weighted by atomic mass is 10.1. The van der Waals surface area contributed by atoms with Crippen molar-refractivity contribution in [1.82, 2.24) is 4.90 Å². The van der Waals surface area contributed by atoms with Crippen LogP contribution in [0.2, 0.25) is 5.02 Å². The van der Waals surface area contributed by atoms with Crippen molar-refractivity contribution >= 4 is 46.4 Å². The van der Waals surface area contributed by atoms with E-state index in [4.69, 9.17) is 16.3 Å². The zero-order valence-corrected chi connectivity index (χ0v) is 19.3. The van der Waals surface area contributed by atoms with Crippen LogP contribution in [0, 0.1) is 5.92 Å². The zero-order chi connectivity index (χ0) is 23.4. The van der Waals surface area contributed by atoms with E-state index in [1.807, 2.05) is 24.3 Å². The molecule has 2 saturated heterocycles. The Kier molecular flexibility index (Phi) is 7.15. The van der Waals surface area contributed by atoms with E-state index in [9.17, 15) is 14.4 Å². The summed E-state index contributed by atoms with van der Waals surface area (Å²) in [5.74, 6) is -1.15. The molecule has 0 spiro atoms. The van der Waals surface area contributed by atoms with Crippen LogP contribution in [-0.2, 0) is 19.1 Å². The average Bonchev–Trinajstić information content (AvgIpc) is 3.21. The van der Waals surface area contributed by atoms with Gasteiger partial charge in [-0.1, -0.05) is 17.7 Å². The number of ether oxygens (including phenoxy) is 1. The number of morpholine rings is 1. The van der Waals surface area contributed by atoms with Crippen LogP contribution >= 0.6 is 11.6 Å². The summed E-state index contributed by atoms with van der Waals surface area (Å²) >= 11 is 6.03. The molecule has 2 heterocycles. The summed E-state index contributed by atoms with van der Waals surface area (Å²) in [6.45, 7) is 3.29. The number of nitrogens with one attached hydrogen (secondary N) is 1. The molecule has 2 aromatic rings. The first-order valence-corrected chi connectivity index (χ1v) is 11.3. The Hall–Kier alpha value is -3.10. The monoisotopic (exact) mass is 470 g/mol. The molecule has 33 heavy (non-hydrogen) atoms. The van der Waals surface area contributed by atoms with Crippen molar-refractivity contribution in [3.05, 3.63) is 53.6 Å². The minimum atomic E-state index is -0.498. The van der Waals surface area contributed by atoms with Gasteiger partial charge in [-0.25, -0.2) is 0 Å². The van der Waals surface area contributed by atoms with E-state index in [1.54, 1.807) is 36.2 Å². The van der Waals surface area contributed by atoms with E-state index < -0.39 is 5.92 Å². The third-order valence-corrected chi connectivity index (χ3v) is 6.11. The highest BCUT2D eigenvalue weighted by atomic mass is 35.5. The van der Waals surface area contributed by atoms with E-state index in [0.717, 1.165) is 18.8 Å². The fourth-order valence-corrected chi connectivity index (χ4v) is 4.33. The Morgan fingerprint density at radius 2 is 1.85 bits per heavy atom. The summed E-state index contributed by atoms with van der Waals surface area (Å²) < 4.78 is 5.37. The number of carbonyl (C=O) groups is 3. The van der Waals surface area contributed by atoms with Gasteiger partial charge in [0.15, 0.2) is 0 Å². The number of hydrogen-bond donors (Lipinski definition) is 1. The molecule has 1 N–H and O–H groups in total. The average molecular weight is 471 g/mol. The number of amides is 3. The molecule has 4 rings (SSSR count). The highest BCUT2D eigenvalue weighted by Gasteiger charge is 2.36. The summed E-state index contributed by atoms with van der Waals surface area (Å²) in [7, 11) is 1.58. The fraction of sp³-hybridized carbons (Fsp3) is 0.375. The van der Waals surface area contributed by atoms with Gasteiger partial charge in [-0.05, 0) is 42.5 Å². The van der Waals surface area contributed by atoms with Crippen molar-refractivity contribution in [3.63, 3.8) is 0 Å². The first-order valence-electron chi connectivity index (χ1n) is 10.9. The van der Waals surface area contributed by atoms with Crippen LogP contribution in [0.25, 0.3) is 0 Å². The van der Waals surface area contributed by atoms with Gasteiger partial charge in [0.2, 0.25) is 17.7 Å². The van der Waals surface area contributed by atoms with Crippen LogP contribution in [0.1, 0.15) is 6.42 Å². The molecule has 0 bridgehead atoms. The normalized spacial score (nSPS) is 18.4. The predicted octanol–water partition coefficient (Wildman–Crippen LogP) is 2.63. The van der Waals surface area contributed by atoms with Crippen molar-refractivity contribution in [2.75, 3.05) is 61.6 Å². The van der Waals surface area contributed by atoms with Crippen LogP contribution in [0.4, 0.5) is 17.1 Å². The highest BCUT2D eigenvalue weighted by molar-refractivity contribution is 6.31. The Bertz CT molecular complexity index is 1020.